The Balaban J connectivity index is 1.27. The number of nitrogens with zero attached hydrogens (tertiary/aromatic N) is 6. The Labute approximate surface area is 249 Å². The van der Waals surface area contributed by atoms with Crippen molar-refractivity contribution >= 4 is 28.4 Å². The summed E-state index contributed by atoms with van der Waals surface area (Å²) < 4.78 is 11.5. The zero-order valence-electron chi connectivity index (χ0n) is 25.4. The van der Waals surface area contributed by atoms with Crippen LogP contribution in [0.2, 0.25) is 0 Å². The number of nitrogens with one attached hydrogen (secondary N) is 1. The Morgan fingerprint density at radius 1 is 1.00 bits per heavy atom. The largest absolute Gasteiger partial charge is 0.495 e. The summed E-state index contributed by atoms with van der Waals surface area (Å²) in [6.45, 7) is 10.5. The lowest BCUT2D eigenvalue weighted by Crippen LogP contribution is -2.52. The lowest BCUT2D eigenvalue weighted by molar-refractivity contribution is 0.0903. The van der Waals surface area contributed by atoms with Crippen molar-refractivity contribution in [2.24, 2.45) is 0 Å². The predicted molar refractivity (Wildman–Crippen MR) is 169 cm³/mol. The van der Waals surface area contributed by atoms with Crippen LogP contribution in [0.5, 0.6) is 5.75 Å². The van der Waals surface area contributed by atoms with Crippen LogP contribution >= 0.6 is 0 Å². The number of ether oxygens (including phenoxy) is 2. The predicted octanol–water partition coefficient (Wildman–Crippen LogP) is 4.04. The smallest absolute Gasteiger partial charge is 0.151 e. The Hall–Kier alpha value is -3.21. The number of methoxy groups -OCH3 is 1. The Kier molecular flexibility index (Phi) is 8.92. The molecule has 6 rings (SSSR count). The van der Waals surface area contributed by atoms with Crippen molar-refractivity contribution in [3.05, 3.63) is 30.1 Å². The van der Waals surface area contributed by atoms with Gasteiger partial charge in [0.1, 0.15) is 22.6 Å². The molecule has 5 heterocycles. The molecule has 0 amide bonds. The van der Waals surface area contributed by atoms with E-state index in [1.54, 1.807) is 7.11 Å². The number of nitrogens with two attached hydrogens (primary N) is 1. The summed E-state index contributed by atoms with van der Waals surface area (Å²) in [6, 6.07) is 7.45. The average Bonchev–Trinajstić information content (AvgIpc) is 3.03. The van der Waals surface area contributed by atoms with Crippen LogP contribution in [0, 0.1) is 0 Å². The molecule has 10 heteroatoms. The summed E-state index contributed by atoms with van der Waals surface area (Å²) in [5.41, 5.74) is 11.8. The topological polar surface area (TPSA) is 105 Å². The number of benzene rings is 1. The molecule has 10 nitrogen and oxygen atoms in total. The van der Waals surface area contributed by atoms with Crippen LogP contribution in [-0.4, -0.2) is 103 Å². The fourth-order valence-corrected chi connectivity index (χ4v) is 6.63. The van der Waals surface area contributed by atoms with Crippen molar-refractivity contribution in [2.45, 2.75) is 57.5 Å². The van der Waals surface area contributed by atoms with Crippen LogP contribution in [-0.2, 0) is 11.2 Å². The molecule has 3 aliphatic rings. The Bertz CT molecular complexity index is 1360. The molecule has 3 aliphatic heterocycles. The van der Waals surface area contributed by atoms with Gasteiger partial charge in [0, 0.05) is 76.3 Å². The third kappa shape index (κ3) is 6.11. The van der Waals surface area contributed by atoms with E-state index in [2.05, 4.69) is 57.2 Å². The van der Waals surface area contributed by atoms with Crippen molar-refractivity contribution in [2.75, 3.05) is 82.6 Å². The first kappa shape index (κ1) is 28.9. The second-order valence-electron chi connectivity index (χ2n) is 12.0. The highest BCUT2D eigenvalue weighted by Gasteiger charge is 2.28. The normalized spacial score (nSPS) is 19.8. The molecule has 0 bridgehead atoms. The third-order valence-electron chi connectivity index (χ3n) is 9.20. The minimum atomic E-state index is 0.323. The van der Waals surface area contributed by atoms with Crippen molar-refractivity contribution in [1.82, 2.24) is 24.8 Å². The summed E-state index contributed by atoms with van der Waals surface area (Å²) >= 11 is 0. The van der Waals surface area contributed by atoms with E-state index in [9.17, 15) is 0 Å². The van der Waals surface area contributed by atoms with Crippen molar-refractivity contribution in [1.29, 1.82) is 0 Å². The zero-order valence-corrected chi connectivity index (χ0v) is 25.4. The Morgan fingerprint density at radius 2 is 1.76 bits per heavy atom. The number of hydrogen-bond donors (Lipinski definition) is 2. The maximum absolute atomic E-state index is 6.36. The summed E-state index contributed by atoms with van der Waals surface area (Å²) in [4.78, 5) is 22.3. The van der Waals surface area contributed by atoms with E-state index >= 15 is 0 Å². The van der Waals surface area contributed by atoms with Gasteiger partial charge in [-0.15, -0.1) is 0 Å². The summed E-state index contributed by atoms with van der Waals surface area (Å²) in [5, 5.41) is 3.68. The maximum Gasteiger partial charge on any atom is 0.151 e. The molecule has 3 aromatic rings. The van der Waals surface area contributed by atoms with Gasteiger partial charge in [0.05, 0.1) is 18.5 Å². The van der Waals surface area contributed by atoms with Crippen LogP contribution in [0.4, 0.5) is 17.3 Å². The molecule has 3 N–H and O–H groups in total. The lowest BCUT2D eigenvalue weighted by Gasteiger charge is -2.42. The van der Waals surface area contributed by atoms with Crippen molar-refractivity contribution in [3.63, 3.8) is 0 Å². The molecular formula is C32H46N8O2. The molecule has 2 aromatic heterocycles. The quantitative estimate of drug-likeness (QED) is 0.410. The van der Waals surface area contributed by atoms with Crippen LogP contribution in [0.3, 0.4) is 0 Å². The number of anilines is 3. The fourth-order valence-electron chi connectivity index (χ4n) is 6.63. The molecule has 0 radical (unpaired) electrons. The minimum absolute atomic E-state index is 0.323. The fraction of sp³-hybridized carbons (Fsp3) is 0.594. The highest BCUT2D eigenvalue weighted by Crippen LogP contribution is 2.38. The molecule has 42 heavy (non-hydrogen) atoms. The van der Waals surface area contributed by atoms with Gasteiger partial charge in [0.2, 0.25) is 0 Å². The second-order valence-corrected chi connectivity index (χ2v) is 12.0. The van der Waals surface area contributed by atoms with E-state index in [1.807, 2.05) is 6.20 Å². The Morgan fingerprint density at radius 3 is 2.48 bits per heavy atom. The first-order valence-corrected chi connectivity index (χ1v) is 15.7. The summed E-state index contributed by atoms with van der Waals surface area (Å²) in [6.07, 6.45) is 7.90. The number of piperazine rings is 1. The number of aromatic nitrogens is 3. The molecule has 226 valence electrons. The van der Waals surface area contributed by atoms with Gasteiger partial charge >= 0.3 is 0 Å². The second kappa shape index (κ2) is 13.0. The number of pyridine rings is 1. The standard InChI is InChI=1S/C32H46N8O2/c1-4-5-26-32(35-23-10-18-42-19-11-23)37-29-25(21-34-31(33)30(29)36-26)22-6-7-27(28(20-22)41-3)40-12-8-24(9-13-40)39-16-14-38(2)15-17-39/h6-7,20-21,23-24H,4-5,8-19H2,1-3H3,(H2,33,34)(H,35,37). The number of piperidine rings is 1. The van der Waals surface area contributed by atoms with Gasteiger partial charge in [0.25, 0.3) is 0 Å². The molecule has 3 fully saturated rings. The van der Waals surface area contributed by atoms with Crippen molar-refractivity contribution < 1.29 is 9.47 Å². The van der Waals surface area contributed by atoms with Gasteiger partial charge in [-0.05, 0) is 56.8 Å². The molecular weight excluding hydrogens is 528 g/mol. The number of hydrogen-bond acceptors (Lipinski definition) is 10. The first-order chi connectivity index (χ1) is 20.5. The molecule has 3 saturated heterocycles. The SMILES string of the molecule is CCCc1nc2c(N)ncc(-c3ccc(N4CCC(N5CCN(C)CC5)CC4)c(OC)c3)c2nc1NC1CCOCC1. The highest BCUT2D eigenvalue weighted by molar-refractivity contribution is 5.97. The lowest BCUT2D eigenvalue weighted by atomic mass is 10.00. The van der Waals surface area contributed by atoms with Gasteiger partial charge in [-0.2, -0.15) is 0 Å². The van der Waals surface area contributed by atoms with Gasteiger partial charge in [0.15, 0.2) is 5.82 Å². The third-order valence-corrected chi connectivity index (χ3v) is 9.20. The van der Waals surface area contributed by atoms with E-state index < -0.39 is 0 Å². The zero-order chi connectivity index (χ0) is 29.1. The molecule has 0 unspecified atom stereocenters. The van der Waals surface area contributed by atoms with E-state index in [1.165, 1.54) is 39.0 Å². The molecule has 0 aliphatic carbocycles. The highest BCUT2D eigenvalue weighted by atomic mass is 16.5. The number of aryl methyl sites for hydroxylation is 1. The first-order valence-electron chi connectivity index (χ1n) is 15.7. The van der Waals surface area contributed by atoms with Gasteiger partial charge in [-0.3, -0.25) is 4.90 Å². The van der Waals surface area contributed by atoms with Crippen LogP contribution < -0.4 is 20.7 Å². The molecule has 0 saturated carbocycles. The summed E-state index contributed by atoms with van der Waals surface area (Å²) in [5.74, 6) is 2.12. The van der Waals surface area contributed by atoms with E-state index in [0.717, 1.165) is 91.6 Å². The van der Waals surface area contributed by atoms with Crippen molar-refractivity contribution in [3.8, 4) is 16.9 Å². The van der Waals surface area contributed by atoms with E-state index in [0.29, 0.717) is 23.4 Å². The molecule has 0 atom stereocenters. The average molecular weight is 575 g/mol. The molecule has 0 spiro atoms. The van der Waals surface area contributed by atoms with Gasteiger partial charge in [-0.1, -0.05) is 19.4 Å². The monoisotopic (exact) mass is 574 g/mol. The van der Waals surface area contributed by atoms with Gasteiger partial charge < -0.3 is 30.3 Å². The number of rotatable bonds is 8. The number of nitrogen functional groups attached to an aromatic ring is 1. The van der Waals surface area contributed by atoms with Crippen LogP contribution in [0.1, 0.15) is 44.7 Å². The van der Waals surface area contributed by atoms with Gasteiger partial charge in [-0.25, -0.2) is 15.0 Å². The van der Waals surface area contributed by atoms with E-state index in [-0.39, 0.29) is 0 Å². The van der Waals surface area contributed by atoms with Crippen LogP contribution in [0.25, 0.3) is 22.2 Å². The maximum atomic E-state index is 6.36. The number of fused-ring (bicyclic) bond motifs is 1. The van der Waals surface area contributed by atoms with E-state index in [4.69, 9.17) is 25.2 Å². The molecule has 1 aromatic carbocycles. The number of likely N-dealkylation sites (N-methyl/N-ethyl adjacent to an activating group) is 1. The summed E-state index contributed by atoms with van der Waals surface area (Å²) in [7, 11) is 3.98. The minimum Gasteiger partial charge on any atom is -0.495 e. The van der Waals surface area contributed by atoms with Crippen LogP contribution in [0.15, 0.2) is 24.4 Å².